The molecule has 0 saturated heterocycles. The third kappa shape index (κ3) is 4.61. The van der Waals surface area contributed by atoms with Gasteiger partial charge in [-0.2, -0.15) is 0 Å². The topological polar surface area (TPSA) is 56.5 Å². The van der Waals surface area contributed by atoms with Crippen LogP contribution >= 0.6 is 0 Å². The van der Waals surface area contributed by atoms with Gasteiger partial charge in [0.1, 0.15) is 5.75 Å². The van der Waals surface area contributed by atoms with E-state index in [0.29, 0.717) is 13.2 Å². The molecule has 4 nitrogen and oxygen atoms in total. The van der Waals surface area contributed by atoms with E-state index in [0.717, 1.165) is 12.2 Å². The molecule has 1 rings (SSSR count). The molecule has 16 heavy (non-hydrogen) atoms. The predicted molar refractivity (Wildman–Crippen MR) is 64.3 cm³/mol. The molecule has 0 aliphatic rings. The SMILES string of the molecule is COCC(CCOc1cccc(C)c1)NN. The Hall–Kier alpha value is -1.10. The average molecular weight is 224 g/mol. The maximum absolute atomic E-state index is 5.61. The molecular weight excluding hydrogens is 204 g/mol. The molecule has 0 radical (unpaired) electrons. The zero-order valence-electron chi connectivity index (χ0n) is 9.90. The number of hydrogen-bond acceptors (Lipinski definition) is 4. The molecule has 0 saturated carbocycles. The van der Waals surface area contributed by atoms with Gasteiger partial charge in [0.15, 0.2) is 0 Å². The molecule has 0 bridgehead atoms. The summed E-state index contributed by atoms with van der Waals surface area (Å²) in [5.74, 6) is 6.27. The van der Waals surface area contributed by atoms with E-state index >= 15 is 0 Å². The van der Waals surface area contributed by atoms with E-state index in [1.54, 1.807) is 7.11 Å². The summed E-state index contributed by atoms with van der Waals surface area (Å²) in [6.07, 6.45) is 0.818. The van der Waals surface area contributed by atoms with Crippen LogP contribution in [0, 0.1) is 6.92 Å². The van der Waals surface area contributed by atoms with Crippen molar-refractivity contribution in [2.75, 3.05) is 20.3 Å². The van der Waals surface area contributed by atoms with Crippen molar-refractivity contribution in [2.24, 2.45) is 5.84 Å². The van der Waals surface area contributed by atoms with Crippen LogP contribution in [0.1, 0.15) is 12.0 Å². The second kappa shape index (κ2) is 7.22. The molecule has 1 atom stereocenters. The lowest BCUT2D eigenvalue weighted by atomic mass is 10.2. The molecule has 4 heteroatoms. The predicted octanol–water partition coefficient (Wildman–Crippen LogP) is 1.24. The van der Waals surface area contributed by atoms with E-state index in [1.165, 1.54) is 5.56 Å². The molecule has 90 valence electrons. The summed E-state index contributed by atoms with van der Waals surface area (Å²) in [6, 6.07) is 8.13. The van der Waals surface area contributed by atoms with E-state index in [-0.39, 0.29) is 6.04 Å². The highest BCUT2D eigenvalue weighted by atomic mass is 16.5. The molecule has 0 amide bonds. The first-order valence-corrected chi connectivity index (χ1v) is 5.40. The number of benzene rings is 1. The lowest BCUT2D eigenvalue weighted by Crippen LogP contribution is -2.39. The van der Waals surface area contributed by atoms with Crippen molar-refractivity contribution in [2.45, 2.75) is 19.4 Å². The monoisotopic (exact) mass is 224 g/mol. The normalized spacial score (nSPS) is 12.4. The number of aryl methyl sites for hydroxylation is 1. The molecule has 0 heterocycles. The number of ether oxygens (including phenoxy) is 2. The molecule has 1 unspecified atom stereocenters. The van der Waals surface area contributed by atoms with Gasteiger partial charge in [0.25, 0.3) is 0 Å². The van der Waals surface area contributed by atoms with Crippen LogP contribution in [-0.4, -0.2) is 26.4 Å². The third-order valence-electron chi connectivity index (χ3n) is 2.33. The number of hydrogen-bond donors (Lipinski definition) is 2. The number of nitrogens with two attached hydrogens (primary N) is 1. The highest BCUT2D eigenvalue weighted by Gasteiger charge is 2.05. The van der Waals surface area contributed by atoms with E-state index in [1.807, 2.05) is 31.2 Å². The van der Waals surface area contributed by atoms with Gasteiger partial charge in [-0.1, -0.05) is 12.1 Å². The van der Waals surface area contributed by atoms with E-state index in [9.17, 15) is 0 Å². The Labute approximate surface area is 96.7 Å². The highest BCUT2D eigenvalue weighted by molar-refractivity contribution is 5.27. The van der Waals surface area contributed by atoms with Crippen LogP contribution in [-0.2, 0) is 4.74 Å². The smallest absolute Gasteiger partial charge is 0.119 e. The second-order valence-corrected chi connectivity index (χ2v) is 3.77. The third-order valence-corrected chi connectivity index (χ3v) is 2.33. The van der Waals surface area contributed by atoms with Crippen LogP contribution in [0.2, 0.25) is 0 Å². The van der Waals surface area contributed by atoms with Crippen LogP contribution in [0.5, 0.6) is 5.75 Å². The van der Waals surface area contributed by atoms with Gasteiger partial charge in [0.05, 0.1) is 13.2 Å². The minimum atomic E-state index is 0.134. The number of rotatable bonds is 7. The van der Waals surface area contributed by atoms with Crippen LogP contribution in [0.25, 0.3) is 0 Å². The zero-order chi connectivity index (χ0) is 11.8. The van der Waals surface area contributed by atoms with Crippen molar-refractivity contribution < 1.29 is 9.47 Å². The maximum Gasteiger partial charge on any atom is 0.119 e. The van der Waals surface area contributed by atoms with Gasteiger partial charge in [-0.15, -0.1) is 0 Å². The Bertz CT molecular complexity index is 305. The summed E-state index contributed by atoms with van der Waals surface area (Å²) in [7, 11) is 1.66. The number of nitrogens with one attached hydrogen (secondary N) is 1. The maximum atomic E-state index is 5.61. The summed E-state index contributed by atoms with van der Waals surface area (Å²) in [5.41, 5.74) is 3.89. The average Bonchev–Trinajstić information content (AvgIpc) is 2.28. The number of methoxy groups -OCH3 is 1. The lowest BCUT2D eigenvalue weighted by molar-refractivity contribution is 0.152. The lowest BCUT2D eigenvalue weighted by Gasteiger charge is -2.15. The summed E-state index contributed by atoms with van der Waals surface area (Å²) < 4.78 is 10.6. The molecule has 0 fully saturated rings. The Kier molecular flexibility index (Phi) is 5.85. The van der Waals surface area contributed by atoms with E-state index < -0.39 is 0 Å². The summed E-state index contributed by atoms with van der Waals surface area (Å²) in [6.45, 7) is 3.26. The van der Waals surface area contributed by atoms with Gasteiger partial charge in [-0.05, 0) is 24.6 Å². The fourth-order valence-electron chi connectivity index (χ4n) is 1.44. The Morgan fingerprint density at radius 1 is 1.44 bits per heavy atom. The Morgan fingerprint density at radius 3 is 2.88 bits per heavy atom. The minimum absolute atomic E-state index is 0.134. The molecular formula is C12H20N2O2. The summed E-state index contributed by atoms with van der Waals surface area (Å²) >= 11 is 0. The quantitative estimate of drug-likeness (QED) is 0.540. The van der Waals surface area contributed by atoms with Gasteiger partial charge in [0, 0.05) is 19.6 Å². The van der Waals surface area contributed by atoms with Crippen LogP contribution in [0.3, 0.4) is 0 Å². The molecule has 0 aromatic heterocycles. The summed E-state index contributed by atoms with van der Waals surface area (Å²) in [5, 5.41) is 0. The Morgan fingerprint density at radius 2 is 2.25 bits per heavy atom. The molecule has 1 aromatic rings. The Balaban J connectivity index is 2.29. The van der Waals surface area contributed by atoms with Crippen molar-refractivity contribution in [3.05, 3.63) is 29.8 Å². The van der Waals surface area contributed by atoms with Crippen LogP contribution < -0.4 is 16.0 Å². The van der Waals surface area contributed by atoms with Crippen LogP contribution in [0.15, 0.2) is 24.3 Å². The minimum Gasteiger partial charge on any atom is -0.494 e. The first kappa shape index (κ1) is 13.0. The van der Waals surface area contributed by atoms with Crippen molar-refractivity contribution >= 4 is 0 Å². The molecule has 3 N–H and O–H groups in total. The van der Waals surface area contributed by atoms with E-state index in [4.69, 9.17) is 15.3 Å². The van der Waals surface area contributed by atoms with Crippen molar-refractivity contribution in [1.29, 1.82) is 0 Å². The zero-order valence-corrected chi connectivity index (χ0v) is 9.90. The first-order valence-electron chi connectivity index (χ1n) is 5.40. The van der Waals surface area contributed by atoms with Gasteiger partial charge in [0.2, 0.25) is 0 Å². The number of hydrazine groups is 1. The second-order valence-electron chi connectivity index (χ2n) is 3.77. The fourth-order valence-corrected chi connectivity index (χ4v) is 1.44. The molecule has 0 aliphatic carbocycles. The van der Waals surface area contributed by atoms with Crippen molar-refractivity contribution in [3.63, 3.8) is 0 Å². The van der Waals surface area contributed by atoms with Crippen molar-refractivity contribution in [3.8, 4) is 5.75 Å². The van der Waals surface area contributed by atoms with Gasteiger partial charge >= 0.3 is 0 Å². The van der Waals surface area contributed by atoms with Gasteiger partial charge < -0.3 is 9.47 Å². The van der Waals surface area contributed by atoms with E-state index in [2.05, 4.69) is 5.43 Å². The first-order chi connectivity index (χ1) is 7.76. The largest absolute Gasteiger partial charge is 0.494 e. The standard InChI is InChI=1S/C12H20N2O2/c1-10-4-3-5-12(8-10)16-7-6-11(14-13)9-15-2/h3-5,8,11,14H,6-7,9,13H2,1-2H3. The molecule has 1 aromatic carbocycles. The van der Waals surface area contributed by atoms with Crippen molar-refractivity contribution in [1.82, 2.24) is 5.43 Å². The molecule has 0 spiro atoms. The van der Waals surface area contributed by atoms with Gasteiger partial charge in [-0.3, -0.25) is 11.3 Å². The molecule has 0 aliphatic heterocycles. The fraction of sp³-hybridized carbons (Fsp3) is 0.500. The van der Waals surface area contributed by atoms with Gasteiger partial charge in [-0.25, -0.2) is 0 Å². The summed E-state index contributed by atoms with van der Waals surface area (Å²) in [4.78, 5) is 0. The highest BCUT2D eigenvalue weighted by Crippen LogP contribution is 2.12. The van der Waals surface area contributed by atoms with Crippen LogP contribution in [0.4, 0.5) is 0 Å².